The summed E-state index contributed by atoms with van der Waals surface area (Å²) in [6, 6.07) is 20.3. The van der Waals surface area contributed by atoms with Gasteiger partial charge >= 0.3 is 0 Å². The highest BCUT2D eigenvalue weighted by Gasteiger charge is 2.13. The van der Waals surface area contributed by atoms with Crippen LogP contribution >= 0.6 is 0 Å². The number of fused-ring (bicyclic) bond motifs is 1. The van der Waals surface area contributed by atoms with Crippen molar-refractivity contribution < 1.29 is 8.76 Å². The molecule has 1 unspecified atom stereocenters. The number of benzene rings is 3. The molecule has 1 heterocycles. The van der Waals surface area contributed by atoms with E-state index in [0.29, 0.717) is 0 Å². The van der Waals surface area contributed by atoms with Gasteiger partial charge in [-0.3, -0.25) is 4.21 Å². The van der Waals surface area contributed by atoms with Gasteiger partial charge in [0.1, 0.15) is 0 Å². The molecule has 3 aromatic rings. The molecule has 140 valence electrons. The first-order valence-electron chi connectivity index (χ1n) is 9.10. The second-order valence-electron chi connectivity index (χ2n) is 6.68. The Labute approximate surface area is 161 Å². The van der Waals surface area contributed by atoms with Gasteiger partial charge < -0.3 is 20.1 Å². The number of anilines is 3. The van der Waals surface area contributed by atoms with Gasteiger partial charge in [-0.1, -0.05) is 53.5 Å². The van der Waals surface area contributed by atoms with E-state index < -0.39 is 11.1 Å². The topological polar surface area (TPSA) is 67.4 Å². The van der Waals surface area contributed by atoms with Crippen molar-refractivity contribution in [3.05, 3.63) is 66.2 Å². The predicted octanol–water partition coefficient (Wildman–Crippen LogP) is 3.37. The molecular weight excluding hydrogens is 358 g/mol. The molecule has 3 aromatic carbocycles. The molecule has 0 aromatic heterocycles. The van der Waals surface area contributed by atoms with E-state index in [1.165, 1.54) is 0 Å². The molecule has 0 saturated carbocycles. The van der Waals surface area contributed by atoms with Crippen LogP contribution < -0.4 is 15.5 Å². The lowest BCUT2D eigenvalue weighted by molar-refractivity contribution is 0.536. The lowest BCUT2D eigenvalue weighted by atomic mass is 10.1. The molecule has 2 N–H and O–H groups in total. The predicted molar refractivity (Wildman–Crippen MR) is 111 cm³/mol. The summed E-state index contributed by atoms with van der Waals surface area (Å²) < 4.78 is 22.7. The summed E-state index contributed by atoms with van der Waals surface area (Å²) in [6.07, 6.45) is 0. The highest BCUT2D eigenvalue weighted by Crippen LogP contribution is 2.31. The molecule has 1 atom stereocenters. The summed E-state index contributed by atoms with van der Waals surface area (Å²) in [5, 5.41) is 9.10. The van der Waals surface area contributed by atoms with Crippen molar-refractivity contribution >= 4 is 38.9 Å². The van der Waals surface area contributed by atoms with Crippen LogP contribution in [0.1, 0.15) is 5.56 Å². The van der Waals surface area contributed by atoms with Crippen molar-refractivity contribution in [2.75, 3.05) is 36.4 Å². The van der Waals surface area contributed by atoms with Gasteiger partial charge in [0.15, 0.2) is 0 Å². The summed E-state index contributed by atoms with van der Waals surface area (Å²) >= 11 is -2.14. The monoisotopic (exact) mass is 380 g/mol. The molecule has 0 bridgehead atoms. The molecular formula is C21H22N3O2S-. The fraction of sp³-hybridized carbons (Fsp3) is 0.238. The van der Waals surface area contributed by atoms with E-state index in [1.54, 1.807) is 0 Å². The largest absolute Gasteiger partial charge is 0.772 e. The van der Waals surface area contributed by atoms with Gasteiger partial charge in [-0.2, -0.15) is 0 Å². The Morgan fingerprint density at radius 1 is 1.00 bits per heavy atom. The van der Waals surface area contributed by atoms with Crippen molar-refractivity contribution in [2.24, 2.45) is 0 Å². The maximum absolute atomic E-state index is 11.3. The molecule has 1 fully saturated rings. The smallest absolute Gasteiger partial charge is 0.0463 e. The van der Waals surface area contributed by atoms with Gasteiger partial charge in [0.25, 0.3) is 0 Å². The number of nitrogens with one attached hydrogen (secondary N) is 2. The molecule has 5 nitrogen and oxygen atoms in total. The Balaban J connectivity index is 1.72. The molecule has 27 heavy (non-hydrogen) atoms. The molecule has 0 radical (unpaired) electrons. The van der Waals surface area contributed by atoms with Gasteiger partial charge in [0.2, 0.25) is 0 Å². The Morgan fingerprint density at radius 3 is 2.59 bits per heavy atom. The molecule has 4 rings (SSSR count). The number of rotatable bonds is 5. The summed E-state index contributed by atoms with van der Waals surface area (Å²) in [4.78, 5) is 2.32. The minimum atomic E-state index is -2.14. The lowest BCUT2D eigenvalue weighted by Gasteiger charge is -2.30. The summed E-state index contributed by atoms with van der Waals surface area (Å²) in [5.74, 6) is -0.00502. The van der Waals surface area contributed by atoms with Crippen LogP contribution in [-0.4, -0.2) is 34.9 Å². The average molecular weight is 380 g/mol. The molecule has 1 aliphatic heterocycles. The van der Waals surface area contributed by atoms with Crippen LogP contribution in [0.2, 0.25) is 0 Å². The minimum absolute atomic E-state index is 0.00502. The molecule has 6 heteroatoms. The Kier molecular flexibility index (Phi) is 5.38. The fourth-order valence-electron chi connectivity index (χ4n) is 3.53. The van der Waals surface area contributed by atoms with E-state index in [2.05, 4.69) is 39.8 Å². The SMILES string of the molecule is O=S([O-])Cc1ccc(N2CCNCC2)cc1Nc1cccc2ccccc12. The first kappa shape index (κ1) is 18.0. The minimum Gasteiger partial charge on any atom is -0.772 e. The summed E-state index contributed by atoms with van der Waals surface area (Å²) in [5.41, 5.74) is 3.70. The number of hydrogen-bond donors (Lipinski definition) is 2. The molecule has 1 saturated heterocycles. The van der Waals surface area contributed by atoms with Crippen LogP contribution in [0, 0.1) is 0 Å². The van der Waals surface area contributed by atoms with Crippen LogP contribution in [0.25, 0.3) is 10.8 Å². The second kappa shape index (κ2) is 8.08. The van der Waals surface area contributed by atoms with Crippen molar-refractivity contribution in [3.8, 4) is 0 Å². The standard InChI is InChI=1S/C21H23N3O2S/c25-27(26)15-17-8-9-18(24-12-10-22-11-13-24)14-21(17)23-20-7-3-5-16-4-1-2-6-19(16)20/h1-9,14,22-23H,10-13,15H2,(H,25,26)/p-1. The van der Waals surface area contributed by atoms with E-state index in [9.17, 15) is 8.76 Å². The summed E-state index contributed by atoms with van der Waals surface area (Å²) in [6.45, 7) is 3.80. The first-order valence-corrected chi connectivity index (χ1v) is 10.3. The highest BCUT2D eigenvalue weighted by molar-refractivity contribution is 7.78. The third kappa shape index (κ3) is 4.13. The Hall–Kier alpha value is -2.41. The number of hydrogen-bond acceptors (Lipinski definition) is 5. The molecule has 0 spiro atoms. The number of nitrogens with zero attached hydrogens (tertiary/aromatic N) is 1. The highest BCUT2D eigenvalue weighted by atomic mass is 32.2. The van der Waals surface area contributed by atoms with Crippen LogP contribution in [0.15, 0.2) is 60.7 Å². The maximum Gasteiger partial charge on any atom is 0.0463 e. The zero-order chi connectivity index (χ0) is 18.6. The molecule has 0 aliphatic carbocycles. The van der Waals surface area contributed by atoms with E-state index in [0.717, 1.165) is 59.6 Å². The Morgan fingerprint density at radius 2 is 1.78 bits per heavy atom. The molecule has 1 aliphatic rings. The van der Waals surface area contributed by atoms with E-state index in [4.69, 9.17) is 0 Å². The van der Waals surface area contributed by atoms with E-state index in [1.807, 2.05) is 36.4 Å². The third-order valence-electron chi connectivity index (χ3n) is 4.91. The average Bonchev–Trinajstić information content (AvgIpc) is 2.70. The van der Waals surface area contributed by atoms with E-state index in [-0.39, 0.29) is 5.75 Å². The lowest BCUT2D eigenvalue weighted by Crippen LogP contribution is -2.43. The maximum atomic E-state index is 11.3. The van der Waals surface area contributed by atoms with Crippen LogP contribution in [0.4, 0.5) is 17.1 Å². The van der Waals surface area contributed by atoms with Crippen LogP contribution in [0.5, 0.6) is 0 Å². The zero-order valence-electron chi connectivity index (χ0n) is 15.0. The van der Waals surface area contributed by atoms with Crippen molar-refractivity contribution in [1.82, 2.24) is 5.32 Å². The van der Waals surface area contributed by atoms with Crippen LogP contribution in [0.3, 0.4) is 0 Å². The summed E-state index contributed by atoms with van der Waals surface area (Å²) in [7, 11) is 0. The second-order valence-corrected chi connectivity index (χ2v) is 7.57. The van der Waals surface area contributed by atoms with Crippen LogP contribution in [-0.2, 0) is 16.8 Å². The van der Waals surface area contributed by atoms with Crippen molar-refractivity contribution in [2.45, 2.75) is 5.75 Å². The van der Waals surface area contributed by atoms with Gasteiger partial charge in [-0.15, -0.1) is 0 Å². The first-order chi connectivity index (χ1) is 13.2. The van der Waals surface area contributed by atoms with Gasteiger partial charge in [0.05, 0.1) is 0 Å². The molecule has 0 amide bonds. The normalized spacial score (nSPS) is 15.7. The Bertz CT molecular complexity index is 965. The fourth-order valence-corrected chi connectivity index (χ4v) is 4.04. The van der Waals surface area contributed by atoms with Crippen molar-refractivity contribution in [1.29, 1.82) is 0 Å². The van der Waals surface area contributed by atoms with Gasteiger partial charge in [0, 0.05) is 54.4 Å². The van der Waals surface area contributed by atoms with Gasteiger partial charge in [-0.05, 0) is 29.1 Å². The van der Waals surface area contributed by atoms with Gasteiger partial charge in [-0.25, -0.2) is 0 Å². The van der Waals surface area contributed by atoms with Crippen molar-refractivity contribution in [3.63, 3.8) is 0 Å². The third-order valence-corrected chi connectivity index (χ3v) is 5.45. The zero-order valence-corrected chi connectivity index (χ0v) is 15.8. The number of piperazine rings is 1. The quantitative estimate of drug-likeness (QED) is 0.664. The van der Waals surface area contributed by atoms with E-state index >= 15 is 0 Å².